The van der Waals surface area contributed by atoms with E-state index < -0.39 is 0 Å². The van der Waals surface area contributed by atoms with E-state index in [4.69, 9.17) is 0 Å². The van der Waals surface area contributed by atoms with Gasteiger partial charge < -0.3 is 5.32 Å². The minimum Gasteiger partial charge on any atom is -0.314 e. The Morgan fingerprint density at radius 2 is 2.00 bits per heavy atom. The number of para-hydroxylation sites is 1. The zero-order chi connectivity index (χ0) is 14.7. The van der Waals surface area contributed by atoms with E-state index in [0.29, 0.717) is 12.6 Å². The van der Waals surface area contributed by atoms with Crippen molar-refractivity contribution in [1.29, 1.82) is 0 Å². The van der Waals surface area contributed by atoms with Gasteiger partial charge in [-0.25, -0.2) is 0 Å². The molecule has 3 rings (SSSR count). The van der Waals surface area contributed by atoms with Crippen LogP contribution in [-0.4, -0.2) is 60.0 Å². The summed E-state index contributed by atoms with van der Waals surface area (Å²) in [4.78, 5) is 15.7. The second-order valence-electron chi connectivity index (χ2n) is 5.85. The highest BCUT2D eigenvalue weighted by Crippen LogP contribution is 2.23. The second kappa shape index (κ2) is 6.51. The van der Waals surface area contributed by atoms with Crippen molar-refractivity contribution in [2.45, 2.75) is 19.0 Å². The number of nitrogens with one attached hydrogen (secondary N) is 1. The molecule has 0 aromatic heterocycles. The molecule has 1 aromatic rings. The summed E-state index contributed by atoms with van der Waals surface area (Å²) in [5.41, 5.74) is 1.06. The predicted octanol–water partition coefficient (Wildman–Crippen LogP) is 1.07. The molecule has 1 aromatic carbocycles. The Morgan fingerprint density at radius 3 is 2.76 bits per heavy atom. The van der Waals surface area contributed by atoms with Crippen LogP contribution in [0.5, 0.6) is 0 Å². The zero-order valence-electron chi connectivity index (χ0n) is 12.2. The number of likely N-dealkylation sites (tertiary alicyclic amines) is 1. The molecule has 2 aliphatic rings. The van der Waals surface area contributed by atoms with Crippen LogP contribution in [-0.2, 0) is 6.54 Å². The Kier molecular flexibility index (Phi) is 4.48. The molecule has 0 bridgehead atoms. The van der Waals surface area contributed by atoms with Crippen LogP contribution in [0.4, 0.5) is 5.69 Å². The highest BCUT2D eigenvalue weighted by Gasteiger charge is 2.29. The minimum atomic E-state index is -0.279. The summed E-state index contributed by atoms with van der Waals surface area (Å²) in [6.45, 7) is 7.10. The maximum Gasteiger partial charge on any atom is 0.273 e. The van der Waals surface area contributed by atoms with Gasteiger partial charge in [-0.3, -0.25) is 19.9 Å². The highest BCUT2D eigenvalue weighted by molar-refractivity contribution is 5.39. The number of hydrogen-bond donors (Lipinski definition) is 1. The highest BCUT2D eigenvalue weighted by atomic mass is 16.6. The van der Waals surface area contributed by atoms with E-state index in [9.17, 15) is 10.1 Å². The molecular weight excluding hydrogens is 268 g/mol. The fraction of sp³-hybridized carbons (Fsp3) is 0.600. The number of benzene rings is 1. The number of hydrogen-bond acceptors (Lipinski definition) is 5. The van der Waals surface area contributed by atoms with Gasteiger partial charge >= 0.3 is 0 Å². The van der Waals surface area contributed by atoms with E-state index in [-0.39, 0.29) is 10.6 Å². The molecule has 2 heterocycles. The molecule has 6 heteroatoms. The number of nitrogens with zero attached hydrogens (tertiary/aromatic N) is 3. The number of nitro groups is 1. The van der Waals surface area contributed by atoms with E-state index in [1.807, 2.05) is 12.1 Å². The van der Waals surface area contributed by atoms with Gasteiger partial charge in [-0.2, -0.15) is 0 Å². The predicted molar refractivity (Wildman–Crippen MR) is 81.2 cm³/mol. The van der Waals surface area contributed by atoms with Gasteiger partial charge in [0.2, 0.25) is 0 Å². The van der Waals surface area contributed by atoms with Crippen molar-refractivity contribution in [3.8, 4) is 0 Å². The van der Waals surface area contributed by atoms with Gasteiger partial charge in [-0.15, -0.1) is 0 Å². The van der Waals surface area contributed by atoms with Gasteiger partial charge in [0.15, 0.2) is 0 Å². The Labute approximate surface area is 124 Å². The van der Waals surface area contributed by atoms with E-state index in [1.54, 1.807) is 12.1 Å². The summed E-state index contributed by atoms with van der Waals surface area (Å²) in [5.74, 6) is 0. The number of rotatable bonds is 4. The van der Waals surface area contributed by atoms with Crippen molar-refractivity contribution in [1.82, 2.24) is 15.1 Å². The van der Waals surface area contributed by atoms with Gasteiger partial charge in [0.05, 0.1) is 4.92 Å². The third-order valence-corrected chi connectivity index (χ3v) is 4.50. The first-order chi connectivity index (χ1) is 10.2. The van der Waals surface area contributed by atoms with Crippen molar-refractivity contribution >= 4 is 5.69 Å². The van der Waals surface area contributed by atoms with Crippen molar-refractivity contribution < 1.29 is 4.92 Å². The molecule has 0 radical (unpaired) electrons. The molecule has 6 nitrogen and oxygen atoms in total. The van der Waals surface area contributed by atoms with Crippen LogP contribution in [0.3, 0.4) is 0 Å². The molecule has 0 spiro atoms. The summed E-state index contributed by atoms with van der Waals surface area (Å²) < 4.78 is 0. The monoisotopic (exact) mass is 290 g/mol. The quantitative estimate of drug-likeness (QED) is 0.664. The molecule has 2 saturated heterocycles. The Morgan fingerprint density at radius 1 is 1.24 bits per heavy atom. The van der Waals surface area contributed by atoms with E-state index in [0.717, 1.165) is 44.8 Å². The average Bonchev–Trinajstić information content (AvgIpc) is 2.97. The first-order valence-electron chi connectivity index (χ1n) is 7.63. The van der Waals surface area contributed by atoms with E-state index in [1.165, 1.54) is 6.42 Å². The zero-order valence-corrected chi connectivity index (χ0v) is 12.2. The maximum atomic E-state index is 11.1. The van der Waals surface area contributed by atoms with Crippen molar-refractivity contribution in [2.75, 3.05) is 39.3 Å². The van der Waals surface area contributed by atoms with Crippen LogP contribution >= 0.6 is 0 Å². The lowest BCUT2D eigenvalue weighted by molar-refractivity contribution is -0.385. The Hall–Kier alpha value is -1.50. The third kappa shape index (κ3) is 3.40. The lowest BCUT2D eigenvalue weighted by Crippen LogP contribution is -2.49. The number of nitro benzene ring substituents is 1. The molecule has 0 amide bonds. The largest absolute Gasteiger partial charge is 0.314 e. The lowest BCUT2D eigenvalue weighted by Gasteiger charge is -2.32. The minimum absolute atomic E-state index is 0.239. The van der Waals surface area contributed by atoms with E-state index >= 15 is 0 Å². The SMILES string of the molecule is O=[N+]([O-])c1ccccc1CN1CCC(N2CCNCC2)C1. The van der Waals surface area contributed by atoms with Crippen LogP contribution in [0.15, 0.2) is 24.3 Å². The average molecular weight is 290 g/mol. The second-order valence-corrected chi connectivity index (χ2v) is 5.85. The normalized spacial score (nSPS) is 24.3. The molecule has 0 saturated carbocycles. The standard InChI is InChI=1S/C15H22N4O2/c20-19(21)15-4-2-1-3-13(15)11-17-8-5-14(12-17)18-9-6-16-7-10-18/h1-4,14,16H,5-12H2. The summed E-state index contributed by atoms with van der Waals surface area (Å²) in [7, 11) is 0. The molecule has 1 atom stereocenters. The molecule has 2 fully saturated rings. The van der Waals surface area contributed by atoms with Gasteiger partial charge in [0, 0.05) is 63.5 Å². The van der Waals surface area contributed by atoms with Crippen LogP contribution in [0.1, 0.15) is 12.0 Å². The van der Waals surface area contributed by atoms with Gasteiger partial charge in [0.1, 0.15) is 0 Å². The van der Waals surface area contributed by atoms with Gasteiger partial charge in [-0.05, 0) is 6.42 Å². The maximum absolute atomic E-state index is 11.1. The van der Waals surface area contributed by atoms with Crippen LogP contribution < -0.4 is 5.32 Å². The smallest absolute Gasteiger partial charge is 0.273 e. The van der Waals surface area contributed by atoms with Crippen molar-refractivity contribution in [3.63, 3.8) is 0 Å². The summed E-state index contributed by atoms with van der Waals surface area (Å²) in [6.07, 6.45) is 1.17. The molecule has 0 aliphatic carbocycles. The molecule has 114 valence electrons. The van der Waals surface area contributed by atoms with Crippen molar-refractivity contribution in [3.05, 3.63) is 39.9 Å². The van der Waals surface area contributed by atoms with Crippen LogP contribution in [0, 0.1) is 10.1 Å². The Bertz CT molecular complexity index is 502. The summed E-state index contributed by atoms with van der Waals surface area (Å²) >= 11 is 0. The van der Waals surface area contributed by atoms with Crippen LogP contribution in [0.2, 0.25) is 0 Å². The third-order valence-electron chi connectivity index (χ3n) is 4.50. The number of piperazine rings is 1. The van der Waals surface area contributed by atoms with Gasteiger partial charge in [0.25, 0.3) is 5.69 Å². The molecule has 1 N–H and O–H groups in total. The molecule has 21 heavy (non-hydrogen) atoms. The summed E-state index contributed by atoms with van der Waals surface area (Å²) in [6, 6.07) is 7.69. The topological polar surface area (TPSA) is 61.7 Å². The summed E-state index contributed by atoms with van der Waals surface area (Å²) in [5, 5.41) is 14.5. The fourth-order valence-corrected chi connectivity index (χ4v) is 3.36. The molecule has 2 aliphatic heterocycles. The fourth-order valence-electron chi connectivity index (χ4n) is 3.36. The first-order valence-corrected chi connectivity index (χ1v) is 7.63. The molecule has 1 unspecified atom stereocenters. The van der Waals surface area contributed by atoms with Crippen molar-refractivity contribution in [2.24, 2.45) is 0 Å². The lowest BCUT2D eigenvalue weighted by atomic mass is 10.1. The van der Waals surface area contributed by atoms with E-state index in [2.05, 4.69) is 15.1 Å². The first kappa shape index (κ1) is 14.4. The molecular formula is C15H22N4O2. The van der Waals surface area contributed by atoms with Crippen LogP contribution in [0.25, 0.3) is 0 Å². The Balaban J connectivity index is 1.61. The van der Waals surface area contributed by atoms with Gasteiger partial charge in [-0.1, -0.05) is 18.2 Å².